The molecule has 0 radical (unpaired) electrons. The minimum Gasteiger partial charge on any atom is -0.432 e. The van der Waals surface area contributed by atoms with Crippen LogP contribution in [-0.2, 0) is 9.53 Å². The molecule has 0 fully saturated rings. The zero-order valence-corrected chi connectivity index (χ0v) is 11.7. The number of halogens is 1. The molecule has 1 aromatic carbocycles. The first-order chi connectivity index (χ1) is 9.69. The number of ether oxygens (including phenoxy) is 1. The molecule has 0 aliphatic heterocycles. The van der Waals surface area contributed by atoms with Gasteiger partial charge in [0.25, 0.3) is 12.8 Å². The number of rotatable bonds is 6. The summed E-state index contributed by atoms with van der Waals surface area (Å²) in [6.07, 6.45) is -0.363. The van der Waals surface area contributed by atoms with Crippen LogP contribution in [0.3, 0.4) is 0 Å². The van der Waals surface area contributed by atoms with E-state index in [9.17, 15) is 14.0 Å². The minimum atomic E-state index is -1.85. The van der Waals surface area contributed by atoms with Crippen LogP contribution in [0.2, 0.25) is 0 Å². The molecule has 6 heteroatoms. The number of fused-ring (bicyclic) bond motifs is 1. The highest BCUT2D eigenvalue weighted by Gasteiger charge is 2.27. The topological polar surface area (TPSA) is 59.2 Å². The SMILES string of the molecule is CCSC(c1c[nH]c2ccccc2c1=O)C(F)OC=O. The van der Waals surface area contributed by atoms with Gasteiger partial charge in [-0.1, -0.05) is 19.1 Å². The van der Waals surface area contributed by atoms with Gasteiger partial charge in [0.15, 0.2) is 5.43 Å². The molecule has 2 atom stereocenters. The fourth-order valence-electron chi connectivity index (χ4n) is 2.01. The highest BCUT2D eigenvalue weighted by Crippen LogP contribution is 2.32. The maximum Gasteiger partial charge on any atom is 0.295 e. The van der Waals surface area contributed by atoms with E-state index in [0.29, 0.717) is 16.7 Å². The number of nitrogens with one attached hydrogen (secondary N) is 1. The summed E-state index contributed by atoms with van der Waals surface area (Å²) in [4.78, 5) is 25.7. The van der Waals surface area contributed by atoms with Crippen molar-refractivity contribution in [2.75, 3.05) is 5.75 Å². The van der Waals surface area contributed by atoms with Gasteiger partial charge < -0.3 is 9.72 Å². The summed E-state index contributed by atoms with van der Waals surface area (Å²) in [6.45, 7) is 1.91. The van der Waals surface area contributed by atoms with Crippen LogP contribution in [-0.4, -0.2) is 23.6 Å². The molecule has 2 rings (SSSR count). The van der Waals surface area contributed by atoms with Gasteiger partial charge in [0.2, 0.25) is 0 Å². The van der Waals surface area contributed by atoms with Crippen molar-refractivity contribution in [3.63, 3.8) is 0 Å². The predicted molar refractivity (Wildman–Crippen MR) is 77.5 cm³/mol. The Bertz CT molecular complexity index is 658. The van der Waals surface area contributed by atoms with Crippen LogP contribution in [0.5, 0.6) is 0 Å². The van der Waals surface area contributed by atoms with E-state index in [4.69, 9.17) is 0 Å². The van der Waals surface area contributed by atoms with Crippen LogP contribution in [0.4, 0.5) is 4.39 Å². The van der Waals surface area contributed by atoms with Crippen molar-refractivity contribution in [1.82, 2.24) is 4.98 Å². The average molecular weight is 295 g/mol. The number of hydrogen-bond acceptors (Lipinski definition) is 4. The van der Waals surface area contributed by atoms with Crippen molar-refractivity contribution in [1.29, 1.82) is 0 Å². The van der Waals surface area contributed by atoms with Gasteiger partial charge in [0, 0.05) is 22.7 Å². The number of aromatic amines is 1. The molecule has 4 nitrogen and oxygen atoms in total. The monoisotopic (exact) mass is 295 g/mol. The fraction of sp³-hybridized carbons (Fsp3) is 0.286. The Hall–Kier alpha value is -1.82. The average Bonchev–Trinajstić information content (AvgIpc) is 2.46. The van der Waals surface area contributed by atoms with Crippen LogP contribution < -0.4 is 5.43 Å². The van der Waals surface area contributed by atoms with E-state index >= 15 is 0 Å². The molecule has 0 aliphatic rings. The number of carbonyl (C=O) groups is 1. The van der Waals surface area contributed by atoms with E-state index in [0.717, 1.165) is 0 Å². The molecule has 1 N–H and O–H groups in total. The van der Waals surface area contributed by atoms with Gasteiger partial charge >= 0.3 is 0 Å². The second kappa shape index (κ2) is 6.56. The van der Waals surface area contributed by atoms with Gasteiger partial charge in [-0.05, 0) is 17.9 Å². The second-order valence-corrected chi connectivity index (χ2v) is 5.50. The van der Waals surface area contributed by atoms with Crippen LogP contribution in [0.15, 0.2) is 35.3 Å². The number of carbonyl (C=O) groups excluding carboxylic acids is 1. The van der Waals surface area contributed by atoms with Crippen LogP contribution in [0, 0.1) is 0 Å². The number of thioether (sulfide) groups is 1. The van der Waals surface area contributed by atoms with Gasteiger partial charge in [-0.3, -0.25) is 9.59 Å². The predicted octanol–water partition coefficient (Wildman–Crippen LogP) is 2.79. The first kappa shape index (κ1) is 14.6. The van der Waals surface area contributed by atoms with E-state index in [-0.39, 0.29) is 17.5 Å². The molecule has 0 saturated carbocycles. The fourth-order valence-corrected chi connectivity index (χ4v) is 2.93. The molecular formula is C14H14FNO3S. The number of hydrogen-bond donors (Lipinski definition) is 1. The maximum atomic E-state index is 13.9. The molecule has 0 aliphatic carbocycles. The Morgan fingerprint density at radius 2 is 2.20 bits per heavy atom. The third-order valence-corrected chi connectivity index (χ3v) is 4.05. The number of benzene rings is 1. The van der Waals surface area contributed by atoms with Crippen molar-refractivity contribution in [3.8, 4) is 0 Å². The summed E-state index contributed by atoms with van der Waals surface area (Å²) in [6, 6.07) is 7.01. The van der Waals surface area contributed by atoms with E-state index in [2.05, 4.69) is 9.72 Å². The van der Waals surface area contributed by atoms with E-state index in [1.807, 2.05) is 13.0 Å². The highest BCUT2D eigenvalue weighted by atomic mass is 32.2. The largest absolute Gasteiger partial charge is 0.432 e. The van der Waals surface area contributed by atoms with Crippen molar-refractivity contribution in [2.24, 2.45) is 0 Å². The van der Waals surface area contributed by atoms with E-state index < -0.39 is 11.6 Å². The highest BCUT2D eigenvalue weighted by molar-refractivity contribution is 7.99. The molecule has 20 heavy (non-hydrogen) atoms. The quantitative estimate of drug-likeness (QED) is 0.833. The molecule has 0 spiro atoms. The Kier molecular flexibility index (Phi) is 4.79. The van der Waals surface area contributed by atoms with E-state index in [1.54, 1.807) is 18.2 Å². The molecule has 106 valence electrons. The van der Waals surface area contributed by atoms with Crippen molar-refractivity contribution in [2.45, 2.75) is 18.5 Å². The molecule has 0 bridgehead atoms. The minimum absolute atomic E-state index is 0.0587. The number of pyridine rings is 1. The second-order valence-electron chi connectivity index (χ2n) is 4.08. The Morgan fingerprint density at radius 1 is 1.45 bits per heavy atom. The summed E-state index contributed by atoms with van der Waals surface area (Å²) in [5.41, 5.74) is 0.709. The first-order valence-electron chi connectivity index (χ1n) is 6.14. The van der Waals surface area contributed by atoms with Crippen LogP contribution in [0.25, 0.3) is 10.9 Å². The lowest BCUT2D eigenvalue weighted by Gasteiger charge is -2.18. The molecule has 2 unspecified atom stereocenters. The number of alkyl halides is 1. The third-order valence-electron chi connectivity index (χ3n) is 2.89. The number of H-pyrrole nitrogens is 1. The normalized spacial score (nSPS) is 13.9. The van der Waals surface area contributed by atoms with Crippen molar-refractivity contribution < 1.29 is 13.9 Å². The van der Waals surface area contributed by atoms with E-state index in [1.165, 1.54) is 18.0 Å². The first-order valence-corrected chi connectivity index (χ1v) is 7.19. The molecule has 1 heterocycles. The van der Waals surface area contributed by atoms with Gasteiger partial charge in [0.1, 0.15) is 5.25 Å². The Morgan fingerprint density at radius 3 is 2.90 bits per heavy atom. The Balaban J connectivity index is 2.50. The standard InChI is InChI=1S/C14H14FNO3S/c1-2-20-13(14(15)19-8-17)10-7-16-11-6-4-3-5-9(11)12(10)18/h3-8,13-14H,2H2,1H3,(H,16,18). The Labute approximate surface area is 119 Å². The van der Waals surface area contributed by atoms with Crippen LogP contribution >= 0.6 is 11.8 Å². The number of para-hydroxylation sites is 1. The summed E-state index contributed by atoms with van der Waals surface area (Å²) in [5, 5.41) is -0.344. The lowest BCUT2D eigenvalue weighted by atomic mass is 10.1. The molecular weight excluding hydrogens is 281 g/mol. The zero-order chi connectivity index (χ0) is 14.5. The lowest BCUT2D eigenvalue weighted by molar-refractivity contribution is -0.141. The lowest BCUT2D eigenvalue weighted by Crippen LogP contribution is -2.22. The molecule has 1 aromatic heterocycles. The van der Waals surface area contributed by atoms with Crippen molar-refractivity contribution >= 4 is 29.1 Å². The smallest absolute Gasteiger partial charge is 0.295 e. The maximum absolute atomic E-state index is 13.9. The molecule has 0 amide bonds. The summed E-state index contributed by atoms with van der Waals surface area (Å²) >= 11 is 1.22. The van der Waals surface area contributed by atoms with Crippen molar-refractivity contribution in [3.05, 3.63) is 46.2 Å². The number of aromatic nitrogens is 1. The summed E-state index contributed by atoms with van der Waals surface area (Å²) in [5.74, 6) is 0.597. The van der Waals surface area contributed by atoms with Gasteiger partial charge in [-0.15, -0.1) is 11.8 Å². The summed E-state index contributed by atoms with van der Waals surface area (Å²) < 4.78 is 18.3. The van der Waals surface area contributed by atoms with Gasteiger partial charge in [-0.25, -0.2) is 4.39 Å². The van der Waals surface area contributed by atoms with Gasteiger partial charge in [-0.2, -0.15) is 0 Å². The summed E-state index contributed by atoms with van der Waals surface area (Å²) in [7, 11) is 0. The van der Waals surface area contributed by atoms with Crippen LogP contribution in [0.1, 0.15) is 17.7 Å². The van der Waals surface area contributed by atoms with Gasteiger partial charge in [0.05, 0.1) is 0 Å². The molecule has 2 aromatic rings. The third kappa shape index (κ3) is 2.85. The molecule has 0 saturated heterocycles. The zero-order valence-electron chi connectivity index (χ0n) is 10.8.